The maximum Gasteiger partial charge on any atom is 0.138 e. The van der Waals surface area contributed by atoms with Crippen LogP contribution in [0.3, 0.4) is 0 Å². The average Bonchev–Trinajstić information content (AvgIpc) is 3.54. The standard InChI is InChI=1S/C25H17ClIN3.C6H3ClIN3/c26-23-16-22-21(17-28-23)24(27)29-30(22)25(18-10-4-1-5-11-18,19-12-6-2-7-13-19)20-14-8-3-9-15-20;7-5-1-4-3(2-9-5)6(8)11-10-4/h1-17H;1-2H,(H,10,11). The van der Waals surface area contributed by atoms with Gasteiger partial charge in [-0.05, 0) is 61.9 Å². The Morgan fingerprint density at radius 3 is 1.68 bits per heavy atom. The molecule has 0 aliphatic carbocycles. The van der Waals surface area contributed by atoms with Crippen molar-refractivity contribution in [3.05, 3.63) is 150 Å². The summed E-state index contributed by atoms with van der Waals surface area (Å²) in [5.74, 6) is 0. The van der Waals surface area contributed by atoms with E-state index in [0.717, 1.165) is 45.9 Å². The van der Waals surface area contributed by atoms with Crippen LogP contribution in [0.25, 0.3) is 21.8 Å². The number of nitrogens with one attached hydrogen (secondary N) is 1. The van der Waals surface area contributed by atoms with Gasteiger partial charge in [0, 0.05) is 24.5 Å². The molecule has 1 N–H and O–H groups in total. The zero-order valence-electron chi connectivity index (χ0n) is 21.2. The quantitative estimate of drug-likeness (QED) is 0.110. The van der Waals surface area contributed by atoms with Crippen LogP contribution in [0, 0.1) is 7.40 Å². The fourth-order valence-electron chi connectivity index (χ4n) is 4.96. The number of nitrogens with zero attached hydrogens (tertiary/aromatic N) is 5. The van der Waals surface area contributed by atoms with Gasteiger partial charge in [0.2, 0.25) is 0 Å². The Labute approximate surface area is 273 Å². The smallest absolute Gasteiger partial charge is 0.138 e. The molecular weight excluding hydrogens is 781 g/mol. The van der Waals surface area contributed by atoms with Gasteiger partial charge in [-0.15, -0.1) is 0 Å². The van der Waals surface area contributed by atoms with Crippen LogP contribution in [-0.4, -0.2) is 29.9 Å². The van der Waals surface area contributed by atoms with Gasteiger partial charge in [-0.1, -0.05) is 114 Å². The zero-order chi connectivity index (χ0) is 28.4. The molecule has 4 aromatic heterocycles. The van der Waals surface area contributed by atoms with E-state index >= 15 is 0 Å². The summed E-state index contributed by atoms with van der Waals surface area (Å²) in [7, 11) is 0. The molecule has 0 saturated heterocycles. The molecule has 0 atom stereocenters. The Bertz CT molecular complexity index is 1850. The van der Waals surface area contributed by atoms with E-state index in [4.69, 9.17) is 28.3 Å². The van der Waals surface area contributed by atoms with Crippen LogP contribution >= 0.6 is 68.4 Å². The molecule has 0 spiro atoms. The molecule has 7 rings (SSSR count). The third-order valence-corrected chi connectivity index (χ3v) is 8.77. The summed E-state index contributed by atoms with van der Waals surface area (Å²) in [6, 6.07) is 35.1. The van der Waals surface area contributed by atoms with Gasteiger partial charge in [0.1, 0.15) is 23.2 Å². The van der Waals surface area contributed by atoms with E-state index in [9.17, 15) is 0 Å². The molecule has 0 radical (unpaired) electrons. The summed E-state index contributed by atoms with van der Waals surface area (Å²) >= 11 is 16.4. The number of pyridine rings is 2. The molecule has 3 aromatic carbocycles. The van der Waals surface area contributed by atoms with Crippen molar-refractivity contribution >= 4 is 90.2 Å². The summed E-state index contributed by atoms with van der Waals surface area (Å²) in [4.78, 5) is 8.23. The second-order valence-electron chi connectivity index (χ2n) is 9.10. The average molecular weight is 801 g/mol. The first-order valence-electron chi connectivity index (χ1n) is 12.5. The summed E-state index contributed by atoms with van der Waals surface area (Å²) in [5, 5.41) is 14.8. The van der Waals surface area contributed by atoms with E-state index in [-0.39, 0.29) is 0 Å². The van der Waals surface area contributed by atoms with Gasteiger partial charge in [0.15, 0.2) is 0 Å². The van der Waals surface area contributed by atoms with Crippen molar-refractivity contribution in [2.75, 3.05) is 0 Å². The lowest BCUT2D eigenvalue weighted by Crippen LogP contribution is -2.38. The van der Waals surface area contributed by atoms with Gasteiger partial charge < -0.3 is 0 Å². The molecule has 7 aromatic rings. The van der Waals surface area contributed by atoms with Gasteiger partial charge in [-0.25, -0.2) is 14.6 Å². The minimum atomic E-state index is -0.671. The number of fused-ring (bicyclic) bond motifs is 2. The molecule has 0 bridgehead atoms. The first-order valence-corrected chi connectivity index (χ1v) is 15.4. The second kappa shape index (κ2) is 12.0. The van der Waals surface area contributed by atoms with E-state index in [0.29, 0.717) is 10.3 Å². The van der Waals surface area contributed by atoms with Crippen LogP contribution in [0.4, 0.5) is 0 Å². The number of hydrogen-bond donors (Lipinski definition) is 1. The normalized spacial score (nSPS) is 11.4. The van der Waals surface area contributed by atoms with Gasteiger partial charge in [-0.2, -0.15) is 10.2 Å². The Balaban J connectivity index is 0.000000229. The topological polar surface area (TPSA) is 72.3 Å². The van der Waals surface area contributed by atoms with Crippen LogP contribution in [0.5, 0.6) is 0 Å². The predicted octanol–water partition coefficient (Wildman–Crippen LogP) is 8.75. The fourth-order valence-corrected chi connectivity index (χ4v) is 6.43. The molecule has 6 nitrogen and oxygen atoms in total. The highest BCUT2D eigenvalue weighted by Crippen LogP contribution is 2.42. The maximum absolute atomic E-state index is 6.33. The lowest BCUT2D eigenvalue weighted by Gasteiger charge is -2.37. The van der Waals surface area contributed by atoms with Crippen molar-refractivity contribution in [3.63, 3.8) is 0 Å². The van der Waals surface area contributed by atoms with Crippen LogP contribution in [0.1, 0.15) is 16.7 Å². The lowest BCUT2D eigenvalue weighted by molar-refractivity contribution is 0.473. The van der Waals surface area contributed by atoms with Gasteiger partial charge in [-0.3, -0.25) is 5.10 Å². The van der Waals surface area contributed by atoms with E-state index < -0.39 is 5.54 Å². The Hall–Kier alpha value is -3.06. The van der Waals surface area contributed by atoms with Gasteiger partial charge >= 0.3 is 0 Å². The number of H-pyrrole nitrogens is 1. The monoisotopic (exact) mass is 800 g/mol. The van der Waals surface area contributed by atoms with Crippen molar-refractivity contribution in [2.45, 2.75) is 5.54 Å². The maximum atomic E-state index is 6.33. The number of halogens is 4. The number of hydrogen-bond acceptors (Lipinski definition) is 4. The third-order valence-electron chi connectivity index (χ3n) is 6.74. The Morgan fingerprint density at radius 2 is 1.15 bits per heavy atom. The molecule has 4 heterocycles. The van der Waals surface area contributed by atoms with E-state index in [1.54, 1.807) is 18.5 Å². The molecule has 202 valence electrons. The molecule has 0 amide bonds. The summed E-state index contributed by atoms with van der Waals surface area (Å²) < 4.78 is 3.97. The van der Waals surface area contributed by atoms with Crippen LogP contribution in [-0.2, 0) is 5.54 Å². The van der Waals surface area contributed by atoms with Crippen molar-refractivity contribution in [1.82, 2.24) is 29.9 Å². The van der Waals surface area contributed by atoms with E-state index in [1.807, 2.05) is 24.3 Å². The number of aromatic amines is 1. The summed E-state index contributed by atoms with van der Waals surface area (Å²) in [6.07, 6.45) is 3.51. The molecule has 0 aliphatic rings. The summed E-state index contributed by atoms with van der Waals surface area (Å²) in [5.41, 5.74) is 4.49. The third kappa shape index (κ3) is 5.33. The summed E-state index contributed by atoms with van der Waals surface area (Å²) in [6.45, 7) is 0. The highest BCUT2D eigenvalue weighted by Gasteiger charge is 2.40. The van der Waals surface area contributed by atoms with Crippen LogP contribution < -0.4 is 0 Å². The van der Waals surface area contributed by atoms with E-state index in [1.165, 1.54) is 0 Å². The highest BCUT2D eigenvalue weighted by molar-refractivity contribution is 14.1. The lowest BCUT2D eigenvalue weighted by atomic mass is 9.77. The van der Waals surface area contributed by atoms with Crippen LogP contribution in [0.2, 0.25) is 10.3 Å². The van der Waals surface area contributed by atoms with Crippen molar-refractivity contribution in [3.8, 4) is 0 Å². The first-order chi connectivity index (χ1) is 20.0. The molecule has 0 aliphatic heterocycles. The Kier molecular flexibility index (Phi) is 8.25. The van der Waals surface area contributed by atoms with Crippen molar-refractivity contribution in [1.29, 1.82) is 0 Å². The molecule has 0 saturated carbocycles. The van der Waals surface area contributed by atoms with Gasteiger partial charge in [0.05, 0.1) is 21.8 Å². The molecule has 0 unspecified atom stereocenters. The predicted molar refractivity (Wildman–Crippen MR) is 181 cm³/mol. The number of aromatic nitrogens is 6. The first kappa shape index (κ1) is 28.1. The molecule has 41 heavy (non-hydrogen) atoms. The zero-order valence-corrected chi connectivity index (χ0v) is 27.0. The number of rotatable bonds is 4. The fraction of sp³-hybridized carbons (Fsp3) is 0.0323. The second-order valence-corrected chi connectivity index (χ2v) is 12.0. The Morgan fingerprint density at radius 1 is 0.659 bits per heavy atom. The largest absolute Gasteiger partial charge is 0.271 e. The molecule has 10 heteroatoms. The highest BCUT2D eigenvalue weighted by atomic mass is 127. The van der Waals surface area contributed by atoms with Crippen LogP contribution in [0.15, 0.2) is 116 Å². The SMILES string of the molecule is Clc1cc2c(cn1)c(I)nn2C(c1ccccc1)(c1ccccc1)c1ccccc1.Clc1cc2n[nH]c(I)c2cn1. The minimum Gasteiger partial charge on any atom is -0.271 e. The minimum absolute atomic E-state index is 0.447. The van der Waals surface area contributed by atoms with Crippen molar-refractivity contribution in [2.24, 2.45) is 0 Å². The van der Waals surface area contributed by atoms with E-state index in [2.05, 4.69) is 143 Å². The molecular formula is C31H20Cl2I2N6. The van der Waals surface area contributed by atoms with Gasteiger partial charge in [0.25, 0.3) is 0 Å². The number of benzene rings is 3. The molecule has 0 fully saturated rings. The van der Waals surface area contributed by atoms with Crippen molar-refractivity contribution < 1.29 is 0 Å².